The average molecular weight is 397 g/mol. The number of carbonyl (C=O) groups excluding carboxylic acids is 2. The van der Waals surface area contributed by atoms with Crippen LogP contribution in [0.5, 0.6) is 5.75 Å². The number of ether oxygens (including phenoxy) is 1. The third-order valence-electron chi connectivity index (χ3n) is 4.15. The molecular formula is C18H27N3O5S. The Balaban J connectivity index is 2.10. The molecule has 0 spiro atoms. The van der Waals surface area contributed by atoms with E-state index in [9.17, 15) is 18.0 Å². The van der Waals surface area contributed by atoms with Gasteiger partial charge in [0.1, 0.15) is 15.6 Å². The number of nitrogens with one attached hydrogen (secondary N) is 2. The SMILES string of the molecule is CCCNC(=O)[C@H]1CN(C(=O)N[C@H](C)CCS(C)(=O)=O)c2ccccc2O1. The van der Waals surface area contributed by atoms with Crippen molar-refractivity contribution in [2.45, 2.75) is 38.8 Å². The number of benzene rings is 1. The molecule has 1 aromatic carbocycles. The Morgan fingerprint density at radius 1 is 1.33 bits per heavy atom. The fourth-order valence-electron chi connectivity index (χ4n) is 2.68. The van der Waals surface area contributed by atoms with E-state index in [-0.39, 0.29) is 30.3 Å². The summed E-state index contributed by atoms with van der Waals surface area (Å²) in [5.74, 6) is 0.185. The zero-order chi connectivity index (χ0) is 20.0. The van der Waals surface area contributed by atoms with Crippen molar-refractivity contribution in [3.05, 3.63) is 24.3 Å². The standard InChI is InChI=1S/C18H27N3O5S/c1-4-10-19-17(22)16-12-21(14-7-5-6-8-15(14)26-16)18(23)20-13(2)9-11-27(3,24)25/h5-8,13,16H,4,9-12H2,1-3H3,(H,19,22)(H,20,23)/t13-,16-/m1/s1. The molecule has 3 amide bonds. The van der Waals surface area contributed by atoms with Crippen molar-refractivity contribution in [3.63, 3.8) is 0 Å². The van der Waals surface area contributed by atoms with E-state index in [1.807, 2.05) is 6.92 Å². The molecule has 2 atom stereocenters. The quantitative estimate of drug-likeness (QED) is 0.722. The Labute approximate surface area is 160 Å². The topological polar surface area (TPSA) is 105 Å². The van der Waals surface area contributed by atoms with Crippen LogP contribution in [0, 0.1) is 0 Å². The summed E-state index contributed by atoms with van der Waals surface area (Å²) in [6, 6.07) is 6.30. The molecule has 1 aromatic rings. The van der Waals surface area contributed by atoms with Gasteiger partial charge in [0.05, 0.1) is 18.0 Å². The van der Waals surface area contributed by atoms with Crippen LogP contribution in [0.3, 0.4) is 0 Å². The third-order valence-corrected chi connectivity index (χ3v) is 5.13. The molecule has 2 rings (SSSR count). The molecule has 1 aliphatic rings. The Kier molecular flexibility index (Phi) is 7.06. The molecule has 1 aliphatic heterocycles. The zero-order valence-electron chi connectivity index (χ0n) is 15.9. The van der Waals surface area contributed by atoms with Crippen molar-refractivity contribution in [2.75, 3.05) is 30.0 Å². The van der Waals surface area contributed by atoms with Gasteiger partial charge in [-0.15, -0.1) is 0 Å². The van der Waals surface area contributed by atoms with E-state index in [0.29, 0.717) is 24.4 Å². The van der Waals surface area contributed by atoms with Crippen LogP contribution in [0.15, 0.2) is 24.3 Å². The van der Waals surface area contributed by atoms with Gasteiger partial charge in [-0.3, -0.25) is 9.69 Å². The fraction of sp³-hybridized carbons (Fsp3) is 0.556. The molecule has 0 saturated carbocycles. The van der Waals surface area contributed by atoms with Gasteiger partial charge in [0.15, 0.2) is 6.10 Å². The van der Waals surface area contributed by atoms with E-state index in [0.717, 1.165) is 6.42 Å². The maximum Gasteiger partial charge on any atom is 0.322 e. The molecule has 150 valence electrons. The van der Waals surface area contributed by atoms with Crippen LogP contribution in [0.2, 0.25) is 0 Å². The molecule has 0 aliphatic carbocycles. The Morgan fingerprint density at radius 3 is 2.70 bits per heavy atom. The van der Waals surface area contributed by atoms with Gasteiger partial charge in [0.25, 0.3) is 5.91 Å². The summed E-state index contributed by atoms with van der Waals surface area (Å²) in [5, 5.41) is 5.58. The summed E-state index contributed by atoms with van der Waals surface area (Å²) < 4.78 is 28.4. The lowest BCUT2D eigenvalue weighted by Crippen LogP contribution is -2.54. The number of hydrogen-bond acceptors (Lipinski definition) is 5. The molecule has 9 heteroatoms. The van der Waals surface area contributed by atoms with E-state index >= 15 is 0 Å². The van der Waals surface area contributed by atoms with Crippen LogP contribution in [-0.4, -0.2) is 57.6 Å². The minimum atomic E-state index is -3.10. The molecule has 8 nitrogen and oxygen atoms in total. The number of rotatable bonds is 7. The van der Waals surface area contributed by atoms with Gasteiger partial charge >= 0.3 is 6.03 Å². The third kappa shape index (κ3) is 6.13. The van der Waals surface area contributed by atoms with E-state index in [1.54, 1.807) is 31.2 Å². The average Bonchev–Trinajstić information content (AvgIpc) is 2.62. The summed E-state index contributed by atoms with van der Waals surface area (Å²) in [5.41, 5.74) is 0.574. The lowest BCUT2D eigenvalue weighted by molar-refractivity contribution is -0.127. The molecule has 2 N–H and O–H groups in total. The zero-order valence-corrected chi connectivity index (χ0v) is 16.7. The monoisotopic (exact) mass is 397 g/mol. The molecule has 0 fully saturated rings. The van der Waals surface area contributed by atoms with Gasteiger partial charge in [-0.1, -0.05) is 19.1 Å². The largest absolute Gasteiger partial charge is 0.477 e. The highest BCUT2D eigenvalue weighted by Gasteiger charge is 2.34. The summed E-state index contributed by atoms with van der Waals surface area (Å²) in [6.45, 7) is 4.32. The van der Waals surface area contributed by atoms with Crippen molar-refractivity contribution in [2.24, 2.45) is 0 Å². The first-order valence-electron chi connectivity index (χ1n) is 9.00. The first kappa shape index (κ1) is 21.0. The maximum atomic E-state index is 12.8. The number of amides is 3. The van der Waals surface area contributed by atoms with Crippen molar-refractivity contribution in [1.82, 2.24) is 10.6 Å². The van der Waals surface area contributed by atoms with Crippen molar-refractivity contribution in [3.8, 4) is 5.75 Å². The van der Waals surface area contributed by atoms with Crippen LogP contribution >= 0.6 is 0 Å². The number of carbonyl (C=O) groups is 2. The second-order valence-corrected chi connectivity index (χ2v) is 9.00. The molecule has 0 radical (unpaired) electrons. The lowest BCUT2D eigenvalue weighted by atomic mass is 10.2. The molecule has 0 saturated heterocycles. The second kappa shape index (κ2) is 9.07. The van der Waals surface area contributed by atoms with Crippen molar-refractivity contribution in [1.29, 1.82) is 0 Å². The molecule has 0 unspecified atom stereocenters. The van der Waals surface area contributed by atoms with Gasteiger partial charge in [-0.25, -0.2) is 13.2 Å². The highest BCUT2D eigenvalue weighted by atomic mass is 32.2. The maximum absolute atomic E-state index is 12.8. The van der Waals surface area contributed by atoms with Gasteiger partial charge in [0, 0.05) is 18.8 Å². The highest BCUT2D eigenvalue weighted by Crippen LogP contribution is 2.33. The summed E-state index contributed by atoms with van der Waals surface area (Å²) >= 11 is 0. The summed E-state index contributed by atoms with van der Waals surface area (Å²) in [7, 11) is -3.10. The minimum absolute atomic E-state index is 0.00378. The van der Waals surface area contributed by atoms with Crippen molar-refractivity contribution >= 4 is 27.5 Å². The lowest BCUT2D eigenvalue weighted by Gasteiger charge is -2.34. The van der Waals surface area contributed by atoms with Gasteiger partial charge in [0.2, 0.25) is 0 Å². The number of hydrogen-bond donors (Lipinski definition) is 2. The molecule has 0 bridgehead atoms. The Hall–Kier alpha value is -2.29. The first-order chi connectivity index (χ1) is 12.7. The number of nitrogens with zero attached hydrogens (tertiary/aromatic N) is 1. The minimum Gasteiger partial charge on any atom is -0.477 e. The number of para-hydroxylation sites is 2. The van der Waals surface area contributed by atoms with Gasteiger partial charge in [-0.2, -0.15) is 0 Å². The molecule has 27 heavy (non-hydrogen) atoms. The van der Waals surface area contributed by atoms with E-state index < -0.39 is 15.9 Å². The Morgan fingerprint density at radius 2 is 2.04 bits per heavy atom. The molecule has 0 aromatic heterocycles. The van der Waals surface area contributed by atoms with Crippen LogP contribution < -0.4 is 20.3 Å². The van der Waals surface area contributed by atoms with Crippen LogP contribution in [-0.2, 0) is 14.6 Å². The van der Waals surface area contributed by atoms with Crippen LogP contribution in [0.4, 0.5) is 10.5 Å². The summed E-state index contributed by atoms with van der Waals surface area (Å²) in [6.07, 6.45) is 1.48. The van der Waals surface area contributed by atoms with E-state index in [4.69, 9.17) is 4.74 Å². The van der Waals surface area contributed by atoms with E-state index in [2.05, 4.69) is 10.6 Å². The normalized spacial score (nSPS) is 17.4. The van der Waals surface area contributed by atoms with Crippen molar-refractivity contribution < 1.29 is 22.7 Å². The Bertz CT molecular complexity index is 781. The van der Waals surface area contributed by atoms with Gasteiger partial charge < -0.3 is 15.4 Å². The molecular weight excluding hydrogens is 370 g/mol. The van der Waals surface area contributed by atoms with Gasteiger partial charge in [-0.05, 0) is 31.9 Å². The van der Waals surface area contributed by atoms with Crippen LogP contribution in [0.25, 0.3) is 0 Å². The second-order valence-electron chi connectivity index (χ2n) is 6.74. The van der Waals surface area contributed by atoms with E-state index in [1.165, 1.54) is 11.2 Å². The smallest absolute Gasteiger partial charge is 0.322 e. The first-order valence-corrected chi connectivity index (χ1v) is 11.1. The predicted molar refractivity (Wildman–Crippen MR) is 104 cm³/mol. The molecule has 1 heterocycles. The fourth-order valence-corrected chi connectivity index (χ4v) is 3.46. The number of anilines is 1. The number of fused-ring (bicyclic) bond motifs is 1. The number of sulfone groups is 1. The number of urea groups is 1. The summed E-state index contributed by atoms with van der Waals surface area (Å²) in [4.78, 5) is 26.5. The highest BCUT2D eigenvalue weighted by molar-refractivity contribution is 7.90. The predicted octanol–water partition coefficient (Wildman–Crippen LogP) is 1.31. The van der Waals surface area contributed by atoms with Crippen LogP contribution in [0.1, 0.15) is 26.7 Å².